The van der Waals surface area contributed by atoms with Gasteiger partial charge in [0, 0.05) is 12.6 Å². The summed E-state index contributed by atoms with van der Waals surface area (Å²) in [6.45, 7) is 0.380. The van der Waals surface area contributed by atoms with Crippen LogP contribution in [0, 0.1) is 5.41 Å². The number of carbonyl (C=O) groups is 1. The fourth-order valence-corrected chi connectivity index (χ4v) is 2.74. The highest BCUT2D eigenvalue weighted by atomic mass is 16.5. The molecule has 0 bridgehead atoms. The summed E-state index contributed by atoms with van der Waals surface area (Å²) in [4.78, 5) is 12.5. The minimum absolute atomic E-state index is 0.0240. The van der Waals surface area contributed by atoms with Crippen LogP contribution in [0.2, 0.25) is 0 Å². The molecule has 1 aliphatic rings. The Bertz CT molecular complexity index is 482. The van der Waals surface area contributed by atoms with Gasteiger partial charge in [0.15, 0.2) is 0 Å². The number of nitrogens with two attached hydrogens (primary N) is 1. The molecule has 0 saturated heterocycles. The monoisotopic (exact) mass is 278 g/mol. The quantitative estimate of drug-likeness (QED) is 0.865. The molecule has 0 spiro atoms. The van der Waals surface area contributed by atoms with Crippen LogP contribution in [0.3, 0.4) is 0 Å². The van der Waals surface area contributed by atoms with Crippen molar-refractivity contribution in [1.82, 2.24) is 0 Å². The SMILES string of the molecule is COc1ccc(OC)c(NC(=O)C2(CN)CCCC2)c1. The second-order valence-corrected chi connectivity index (χ2v) is 5.21. The average Bonchev–Trinajstić information content (AvgIpc) is 2.97. The molecule has 1 saturated carbocycles. The van der Waals surface area contributed by atoms with Crippen molar-refractivity contribution in [1.29, 1.82) is 0 Å². The highest BCUT2D eigenvalue weighted by Gasteiger charge is 2.40. The van der Waals surface area contributed by atoms with Crippen molar-refractivity contribution in [3.63, 3.8) is 0 Å². The number of benzene rings is 1. The predicted octanol–water partition coefficient (Wildman–Crippen LogP) is 2.16. The first-order valence-corrected chi connectivity index (χ1v) is 6.89. The van der Waals surface area contributed by atoms with E-state index in [1.54, 1.807) is 32.4 Å². The van der Waals surface area contributed by atoms with Crippen LogP contribution < -0.4 is 20.5 Å². The maximum atomic E-state index is 12.5. The number of methoxy groups -OCH3 is 2. The lowest BCUT2D eigenvalue weighted by molar-refractivity contribution is -0.124. The number of nitrogens with one attached hydrogen (secondary N) is 1. The second kappa shape index (κ2) is 6.13. The summed E-state index contributed by atoms with van der Waals surface area (Å²) < 4.78 is 10.5. The van der Waals surface area contributed by atoms with Gasteiger partial charge >= 0.3 is 0 Å². The van der Waals surface area contributed by atoms with Crippen LogP contribution in [-0.2, 0) is 4.79 Å². The smallest absolute Gasteiger partial charge is 0.231 e. The summed E-state index contributed by atoms with van der Waals surface area (Å²) in [7, 11) is 3.16. The number of hydrogen-bond donors (Lipinski definition) is 2. The maximum absolute atomic E-state index is 12.5. The molecule has 20 heavy (non-hydrogen) atoms. The highest BCUT2D eigenvalue weighted by molar-refractivity contribution is 5.97. The van der Waals surface area contributed by atoms with Crippen molar-refractivity contribution in [3.05, 3.63) is 18.2 Å². The molecule has 0 radical (unpaired) electrons. The van der Waals surface area contributed by atoms with Gasteiger partial charge in [0.05, 0.1) is 25.3 Å². The Morgan fingerprint density at radius 2 is 2.00 bits per heavy atom. The van der Waals surface area contributed by atoms with Gasteiger partial charge in [-0.3, -0.25) is 4.79 Å². The van der Waals surface area contributed by atoms with Gasteiger partial charge in [-0.05, 0) is 25.0 Å². The fraction of sp³-hybridized carbons (Fsp3) is 0.533. The lowest BCUT2D eigenvalue weighted by Gasteiger charge is -2.26. The third-order valence-electron chi connectivity index (χ3n) is 4.09. The molecule has 1 aliphatic carbocycles. The summed E-state index contributed by atoms with van der Waals surface area (Å²) >= 11 is 0. The lowest BCUT2D eigenvalue weighted by Crippen LogP contribution is -2.40. The van der Waals surface area contributed by atoms with Crippen LogP contribution in [-0.4, -0.2) is 26.7 Å². The Morgan fingerprint density at radius 1 is 1.30 bits per heavy atom. The van der Waals surface area contributed by atoms with Gasteiger partial charge in [-0.2, -0.15) is 0 Å². The first-order chi connectivity index (χ1) is 9.65. The van der Waals surface area contributed by atoms with E-state index in [2.05, 4.69) is 5.32 Å². The van der Waals surface area contributed by atoms with Gasteiger partial charge in [0.1, 0.15) is 11.5 Å². The average molecular weight is 278 g/mol. The van der Waals surface area contributed by atoms with Crippen LogP contribution in [0.25, 0.3) is 0 Å². The zero-order chi connectivity index (χ0) is 14.6. The van der Waals surface area contributed by atoms with E-state index < -0.39 is 5.41 Å². The van der Waals surface area contributed by atoms with Crippen LogP contribution in [0.5, 0.6) is 11.5 Å². The molecule has 5 nitrogen and oxygen atoms in total. The normalized spacial score (nSPS) is 16.8. The fourth-order valence-electron chi connectivity index (χ4n) is 2.74. The Hall–Kier alpha value is -1.75. The van der Waals surface area contributed by atoms with Crippen LogP contribution in [0.1, 0.15) is 25.7 Å². The molecule has 0 unspecified atom stereocenters. The molecule has 2 rings (SSSR count). The van der Waals surface area contributed by atoms with E-state index in [9.17, 15) is 4.79 Å². The van der Waals surface area contributed by atoms with Crippen molar-refractivity contribution >= 4 is 11.6 Å². The second-order valence-electron chi connectivity index (χ2n) is 5.21. The summed E-state index contributed by atoms with van der Waals surface area (Å²) in [5, 5.41) is 2.95. The van der Waals surface area contributed by atoms with E-state index in [0.29, 0.717) is 23.7 Å². The molecule has 1 amide bonds. The van der Waals surface area contributed by atoms with Crippen LogP contribution >= 0.6 is 0 Å². The highest BCUT2D eigenvalue weighted by Crippen LogP contribution is 2.39. The molecule has 3 N–H and O–H groups in total. The zero-order valence-corrected chi connectivity index (χ0v) is 12.1. The van der Waals surface area contributed by atoms with E-state index >= 15 is 0 Å². The summed E-state index contributed by atoms with van der Waals surface area (Å²) in [5.41, 5.74) is 6.02. The number of hydrogen-bond acceptors (Lipinski definition) is 4. The van der Waals surface area contributed by atoms with E-state index in [4.69, 9.17) is 15.2 Å². The summed E-state index contributed by atoms with van der Waals surface area (Å²) in [6.07, 6.45) is 3.81. The molecule has 5 heteroatoms. The molecule has 0 atom stereocenters. The summed E-state index contributed by atoms with van der Waals surface area (Å²) in [6, 6.07) is 5.33. The number of anilines is 1. The van der Waals surface area contributed by atoms with Gasteiger partial charge in [-0.25, -0.2) is 0 Å². The molecule has 0 aromatic heterocycles. The largest absolute Gasteiger partial charge is 0.497 e. The molecule has 1 aromatic rings. The predicted molar refractivity (Wildman–Crippen MR) is 78.1 cm³/mol. The molecular weight excluding hydrogens is 256 g/mol. The van der Waals surface area contributed by atoms with Gasteiger partial charge < -0.3 is 20.5 Å². The number of ether oxygens (including phenoxy) is 2. The molecule has 0 heterocycles. The van der Waals surface area contributed by atoms with E-state index in [1.807, 2.05) is 0 Å². The van der Waals surface area contributed by atoms with Gasteiger partial charge in [0.25, 0.3) is 0 Å². The minimum atomic E-state index is -0.436. The molecular formula is C15H22N2O3. The topological polar surface area (TPSA) is 73.6 Å². The Kier molecular flexibility index (Phi) is 4.49. The minimum Gasteiger partial charge on any atom is -0.497 e. The van der Waals surface area contributed by atoms with Crippen molar-refractivity contribution in [3.8, 4) is 11.5 Å². The Morgan fingerprint density at radius 3 is 2.55 bits per heavy atom. The zero-order valence-electron chi connectivity index (χ0n) is 12.1. The Balaban J connectivity index is 2.22. The molecule has 110 valence electrons. The first-order valence-electron chi connectivity index (χ1n) is 6.89. The number of amides is 1. The molecule has 0 aliphatic heterocycles. The van der Waals surface area contributed by atoms with Crippen LogP contribution in [0.15, 0.2) is 18.2 Å². The third kappa shape index (κ3) is 2.72. The lowest BCUT2D eigenvalue weighted by atomic mass is 9.85. The van der Waals surface area contributed by atoms with E-state index in [0.717, 1.165) is 25.7 Å². The third-order valence-corrected chi connectivity index (χ3v) is 4.09. The van der Waals surface area contributed by atoms with Crippen molar-refractivity contribution in [2.24, 2.45) is 11.1 Å². The van der Waals surface area contributed by atoms with E-state index in [-0.39, 0.29) is 5.91 Å². The first kappa shape index (κ1) is 14.7. The van der Waals surface area contributed by atoms with Crippen molar-refractivity contribution in [2.75, 3.05) is 26.1 Å². The maximum Gasteiger partial charge on any atom is 0.231 e. The Labute approximate surface area is 119 Å². The number of carbonyl (C=O) groups excluding carboxylic acids is 1. The van der Waals surface area contributed by atoms with Gasteiger partial charge in [-0.15, -0.1) is 0 Å². The number of rotatable bonds is 5. The molecule has 1 aromatic carbocycles. The molecule has 1 fully saturated rings. The van der Waals surface area contributed by atoms with E-state index in [1.165, 1.54) is 0 Å². The van der Waals surface area contributed by atoms with Gasteiger partial charge in [0.2, 0.25) is 5.91 Å². The van der Waals surface area contributed by atoms with Crippen molar-refractivity contribution in [2.45, 2.75) is 25.7 Å². The van der Waals surface area contributed by atoms with Crippen molar-refractivity contribution < 1.29 is 14.3 Å². The van der Waals surface area contributed by atoms with Crippen LogP contribution in [0.4, 0.5) is 5.69 Å². The summed E-state index contributed by atoms with van der Waals surface area (Å²) in [5.74, 6) is 1.27. The van der Waals surface area contributed by atoms with Gasteiger partial charge in [-0.1, -0.05) is 12.8 Å². The standard InChI is InChI=1S/C15H22N2O3/c1-19-11-5-6-13(20-2)12(9-11)17-14(18)15(10-16)7-3-4-8-15/h5-6,9H,3-4,7-8,10,16H2,1-2H3,(H,17,18).